The predicted molar refractivity (Wildman–Crippen MR) is 78.0 cm³/mol. The first-order chi connectivity index (χ1) is 8.32. The summed E-state index contributed by atoms with van der Waals surface area (Å²) >= 11 is 3.41. The molecule has 102 valence electrons. The van der Waals surface area contributed by atoms with Gasteiger partial charge < -0.3 is 4.74 Å². The van der Waals surface area contributed by atoms with Crippen molar-refractivity contribution in [2.75, 3.05) is 6.61 Å². The fraction of sp³-hybridized carbons (Fsp3) is 0.714. The summed E-state index contributed by atoms with van der Waals surface area (Å²) < 4.78 is 6.53. The monoisotopic (exact) mass is 314 g/mol. The molecular weight excluding hydrogens is 292 g/mol. The fourth-order valence-electron chi connectivity index (χ4n) is 1.61. The van der Waals surface area contributed by atoms with E-state index in [0.29, 0.717) is 18.4 Å². The Hall–Kier alpha value is -0.640. The third kappa shape index (κ3) is 4.92. The lowest BCUT2D eigenvalue weighted by molar-refractivity contribution is 0.240. The Morgan fingerprint density at radius 1 is 1.33 bits per heavy atom. The van der Waals surface area contributed by atoms with Gasteiger partial charge in [-0.2, -0.15) is 4.98 Å². The van der Waals surface area contributed by atoms with Crippen LogP contribution in [0.15, 0.2) is 10.7 Å². The van der Waals surface area contributed by atoms with Gasteiger partial charge in [-0.25, -0.2) is 4.98 Å². The lowest BCUT2D eigenvalue weighted by Crippen LogP contribution is -2.17. The minimum absolute atomic E-state index is 0.0725. The number of nitrogens with zero attached hydrogens (tertiary/aromatic N) is 2. The average Bonchev–Trinajstić information content (AvgIpc) is 2.25. The minimum atomic E-state index is -0.0725. The van der Waals surface area contributed by atoms with Crippen molar-refractivity contribution in [2.45, 2.75) is 52.9 Å². The van der Waals surface area contributed by atoms with Gasteiger partial charge in [0.1, 0.15) is 10.4 Å². The molecule has 0 N–H and O–H groups in total. The average molecular weight is 315 g/mol. The third-order valence-electron chi connectivity index (χ3n) is 2.64. The van der Waals surface area contributed by atoms with Crippen LogP contribution in [-0.4, -0.2) is 16.6 Å². The lowest BCUT2D eigenvalue weighted by atomic mass is 9.96. The van der Waals surface area contributed by atoms with E-state index >= 15 is 0 Å². The highest BCUT2D eigenvalue weighted by molar-refractivity contribution is 9.10. The molecule has 4 heteroatoms. The van der Waals surface area contributed by atoms with Crippen LogP contribution in [0.5, 0.6) is 5.88 Å². The Labute approximate surface area is 119 Å². The van der Waals surface area contributed by atoms with Crippen LogP contribution in [0.25, 0.3) is 0 Å². The second-order valence-electron chi connectivity index (χ2n) is 5.81. The number of rotatable bonds is 5. The zero-order valence-corrected chi connectivity index (χ0v) is 13.5. The van der Waals surface area contributed by atoms with Crippen LogP contribution in [0.4, 0.5) is 0 Å². The maximum Gasteiger partial charge on any atom is 0.217 e. The summed E-state index contributed by atoms with van der Waals surface area (Å²) in [6.07, 6.45) is 2.36. The van der Waals surface area contributed by atoms with E-state index in [1.165, 1.54) is 12.8 Å². The van der Waals surface area contributed by atoms with E-state index in [2.05, 4.69) is 60.5 Å². The maximum atomic E-state index is 5.76. The third-order valence-corrected chi connectivity index (χ3v) is 3.05. The van der Waals surface area contributed by atoms with Crippen molar-refractivity contribution in [1.82, 2.24) is 9.97 Å². The molecule has 18 heavy (non-hydrogen) atoms. The second kappa shape index (κ2) is 6.50. The van der Waals surface area contributed by atoms with Crippen molar-refractivity contribution in [3.05, 3.63) is 16.5 Å². The number of hydrogen-bond donors (Lipinski definition) is 0. The van der Waals surface area contributed by atoms with Crippen LogP contribution >= 0.6 is 15.9 Å². The molecule has 1 aromatic rings. The molecule has 0 aliphatic heterocycles. The SMILES string of the molecule is CCCC(C)COc1cc(Br)nc(C(C)(C)C)n1. The van der Waals surface area contributed by atoms with Crippen LogP contribution in [-0.2, 0) is 5.41 Å². The standard InChI is InChI=1S/C14H23BrN2O/c1-6-7-10(2)9-18-12-8-11(15)16-13(17-12)14(3,4)5/h8,10H,6-7,9H2,1-5H3. The molecule has 0 radical (unpaired) electrons. The van der Waals surface area contributed by atoms with E-state index in [1.54, 1.807) is 0 Å². The Morgan fingerprint density at radius 3 is 2.56 bits per heavy atom. The van der Waals surface area contributed by atoms with Crippen LogP contribution < -0.4 is 4.74 Å². The first-order valence-corrected chi connectivity index (χ1v) is 7.30. The second-order valence-corrected chi connectivity index (χ2v) is 6.62. The molecule has 1 aromatic heterocycles. The van der Waals surface area contributed by atoms with Gasteiger partial charge in [0.25, 0.3) is 0 Å². The van der Waals surface area contributed by atoms with Crippen molar-refractivity contribution in [1.29, 1.82) is 0 Å². The zero-order valence-electron chi connectivity index (χ0n) is 12.0. The summed E-state index contributed by atoms with van der Waals surface area (Å²) in [6.45, 7) is 11.4. The molecule has 0 aromatic carbocycles. The zero-order chi connectivity index (χ0) is 13.8. The molecule has 1 atom stereocenters. The normalized spacial score (nSPS) is 13.4. The summed E-state index contributed by atoms with van der Waals surface area (Å²) in [4.78, 5) is 8.87. The van der Waals surface area contributed by atoms with Crippen LogP contribution in [0.3, 0.4) is 0 Å². The van der Waals surface area contributed by atoms with Gasteiger partial charge >= 0.3 is 0 Å². The smallest absolute Gasteiger partial charge is 0.217 e. The van der Waals surface area contributed by atoms with Crippen molar-refractivity contribution >= 4 is 15.9 Å². The molecule has 0 spiro atoms. The quantitative estimate of drug-likeness (QED) is 0.758. The van der Waals surface area contributed by atoms with E-state index in [9.17, 15) is 0 Å². The molecule has 0 fully saturated rings. The fourth-order valence-corrected chi connectivity index (χ4v) is 1.97. The van der Waals surface area contributed by atoms with E-state index < -0.39 is 0 Å². The Balaban J connectivity index is 2.75. The van der Waals surface area contributed by atoms with Crippen LogP contribution in [0, 0.1) is 5.92 Å². The molecule has 0 bridgehead atoms. The highest BCUT2D eigenvalue weighted by Gasteiger charge is 2.19. The van der Waals surface area contributed by atoms with Gasteiger partial charge in [-0.05, 0) is 28.3 Å². The van der Waals surface area contributed by atoms with E-state index in [0.717, 1.165) is 10.4 Å². The van der Waals surface area contributed by atoms with Gasteiger partial charge in [0.15, 0.2) is 0 Å². The lowest BCUT2D eigenvalue weighted by Gasteiger charge is -2.18. The summed E-state index contributed by atoms with van der Waals surface area (Å²) in [5.41, 5.74) is -0.0725. The van der Waals surface area contributed by atoms with E-state index in [-0.39, 0.29) is 5.41 Å². The predicted octanol–water partition coefficient (Wildman–Crippen LogP) is 4.35. The van der Waals surface area contributed by atoms with Gasteiger partial charge in [0.2, 0.25) is 5.88 Å². The molecule has 3 nitrogen and oxygen atoms in total. The van der Waals surface area contributed by atoms with E-state index in [4.69, 9.17) is 4.74 Å². The molecule has 0 saturated carbocycles. The van der Waals surface area contributed by atoms with Gasteiger partial charge in [-0.3, -0.25) is 0 Å². The Morgan fingerprint density at radius 2 is 2.00 bits per heavy atom. The number of aromatic nitrogens is 2. The largest absolute Gasteiger partial charge is 0.477 e. The molecule has 1 heterocycles. The first kappa shape index (κ1) is 15.4. The first-order valence-electron chi connectivity index (χ1n) is 6.50. The summed E-state index contributed by atoms with van der Waals surface area (Å²) in [6, 6.07) is 1.83. The number of ether oxygens (including phenoxy) is 1. The van der Waals surface area contributed by atoms with Crippen molar-refractivity contribution < 1.29 is 4.74 Å². The molecule has 0 amide bonds. The molecule has 0 aliphatic rings. The topological polar surface area (TPSA) is 35.0 Å². The molecule has 0 saturated heterocycles. The molecular formula is C14H23BrN2O. The van der Waals surface area contributed by atoms with Crippen molar-refractivity contribution in [3.8, 4) is 5.88 Å². The molecule has 1 rings (SSSR count). The number of halogens is 1. The van der Waals surface area contributed by atoms with Crippen LogP contribution in [0.1, 0.15) is 53.3 Å². The van der Waals surface area contributed by atoms with Crippen molar-refractivity contribution in [2.24, 2.45) is 5.92 Å². The molecule has 0 aliphatic carbocycles. The van der Waals surface area contributed by atoms with Gasteiger partial charge in [0, 0.05) is 11.5 Å². The highest BCUT2D eigenvalue weighted by Crippen LogP contribution is 2.23. The summed E-state index contributed by atoms with van der Waals surface area (Å²) in [5, 5.41) is 0. The van der Waals surface area contributed by atoms with Gasteiger partial charge in [-0.1, -0.05) is 41.0 Å². The Bertz CT molecular complexity index is 388. The van der Waals surface area contributed by atoms with Gasteiger partial charge in [0.05, 0.1) is 6.61 Å². The molecule has 1 unspecified atom stereocenters. The summed E-state index contributed by atoms with van der Waals surface area (Å²) in [5.74, 6) is 2.02. The van der Waals surface area contributed by atoms with E-state index in [1.807, 2.05) is 6.07 Å². The van der Waals surface area contributed by atoms with Crippen molar-refractivity contribution in [3.63, 3.8) is 0 Å². The highest BCUT2D eigenvalue weighted by atomic mass is 79.9. The maximum absolute atomic E-state index is 5.76. The van der Waals surface area contributed by atoms with Gasteiger partial charge in [-0.15, -0.1) is 0 Å². The minimum Gasteiger partial charge on any atom is -0.477 e. The summed E-state index contributed by atoms with van der Waals surface area (Å²) in [7, 11) is 0. The Kier molecular flexibility index (Phi) is 5.57. The number of hydrogen-bond acceptors (Lipinski definition) is 3. The van der Waals surface area contributed by atoms with Crippen LogP contribution in [0.2, 0.25) is 0 Å².